The molecule has 2 aliphatic carbocycles. The molecule has 11 heteroatoms. The molecule has 2 aliphatic heterocycles. The van der Waals surface area contributed by atoms with Gasteiger partial charge in [-0.3, -0.25) is 14.3 Å². The van der Waals surface area contributed by atoms with Crippen LogP contribution in [0.25, 0.3) is 0 Å². The lowest BCUT2D eigenvalue weighted by Gasteiger charge is -2.51. The van der Waals surface area contributed by atoms with Gasteiger partial charge in [-0.2, -0.15) is 10.4 Å². The molecule has 2 amide bonds. The van der Waals surface area contributed by atoms with E-state index in [1.807, 2.05) is 28.0 Å². The highest BCUT2D eigenvalue weighted by molar-refractivity contribution is 5.94. The fourth-order valence-electron chi connectivity index (χ4n) is 8.15. The lowest BCUT2D eigenvalue weighted by atomic mass is 9.71. The second kappa shape index (κ2) is 12.6. The molecule has 0 radical (unpaired) electrons. The first-order valence-electron chi connectivity index (χ1n) is 17.2. The number of aromatic nitrogens is 2. The maximum absolute atomic E-state index is 13.8. The van der Waals surface area contributed by atoms with Crippen molar-refractivity contribution in [3.63, 3.8) is 0 Å². The second-order valence-corrected chi connectivity index (χ2v) is 15.4. The number of hydrogen-bond acceptors (Lipinski definition) is 5. The lowest BCUT2D eigenvalue weighted by Crippen LogP contribution is -2.63. The first kappa shape index (κ1) is 33.3. The van der Waals surface area contributed by atoms with E-state index in [2.05, 4.69) is 25.0 Å². The molecule has 3 heterocycles. The van der Waals surface area contributed by atoms with Crippen LogP contribution in [-0.4, -0.2) is 70.1 Å². The Kier molecular flexibility index (Phi) is 8.58. The third-order valence-corrected chi connectivity index (χ3v) is 11.4. The summed E-state index contributed by atoms with van der Waals surface area (Å²) in [6.45, 7) is 7.24. The average molecular weight is 674 g/mol. The monoisotopic (exact) mass is 673 g/mol. The number of nitriles is 1. The Morgan fingerprint density at radius 3 is 2.41 bits per heavy atom. The molecule has 0 bridgehead atoms. The summed E-state index contributed by atoms with van der Waals surface area (Å²) in [5.41, 5.74) is 3.09. The molecule has 2 aromatic carbocycles. The first-order valence-corrected chi connectivity index (χ1v) is 17.2. The van der Waals surface area contributed by atoms with Gasteiger partial charge in [-0.1, -0.05) is 44.2 Å². The fourth-order valence-corrected chi connectivity index (χ4v) is 8.15. The molecule has 0 N–H and O–H groups in total. The van der Waals surface area contributed by atoms with E-state index in [0.717, 1.165) is 23.1 Å². The molecule has 7 rings (SSSR count). The third kappa shape index (κ3) is 6.72. The molecule has 258 valence electrons. The molecule has 2 saturated carbocycles. The minimum Gasteiger partial charge on any atom is -0.376 e. The molecule has 8 nitrogen and oxygen atoms in total. The number of halogens is 3. The molecule has 3 aromatic rings. The van der Waals surface area contributed by atoms with Gasteiger partial charge >= 0.3 is 0 Å². The summed E-state index contributed by atoms with van der Waals surface area (Å²) >= 11 is 0. The minimum atomic E-state index is -2.64. The SMILES string of the molecule is CC1(C)C[C@@H]1C(=O)N1CC2(CN(C(=O)c3cnn(Cc4ccc(F)cc4)c3)CC2COCc2cccc(C3CCC(F)(F)CC3)c2C#N)C1. The van der Waals surface area contributed by atoms with Gasteiger partial charge in [-0.25, -0.2) is 13.2 Å². The van der Waals surface area contributed by atoms with Gasteiger partial charge < -0.3 is 14.5 Å². The van der Waals surface area contributed by atoms with E-state index < -0.39 is 5.92 Å². The standard InChI is InChI=1S/C38H42F3N5O3/c1-36(2)14-33(36)35(48)45-23-37(24-45)22-44(34(47)28-16-43-46(18-28)17-25-6-8-30(39)9-7-25)19-29(37)21-49-20-27-4-3-5-31(32(27)15-42)26-10-12-38(40,41)13-11-26/h3-9,16,18,26,29,33H,10-14,17,19-24H2,1-2H3/t29?,33-/m1/s1. The molecule has 4 aliphatic rings. The van der Waals surface area contributed by atoms with Gasteiger partial charge in [-0.15, -0.1) is 0 Å². The van der Waals surface area contributed by atoms with Crippen LogP contribution in [0.4, 0.5) is 13.2 Å². The number of nitrogens with zero attached hydrogens (tertiary/aromatic N) is 5. The number of carbonyl (C=O) groups is 2. The van der Waals surface area contributed by atoms with Crippen molar-refractivity contribution < 1.29 is 27.5 Å². The number of rotatable bonds is 9. The Hall–Kier alpha value is -4.17. The Morgan fingerprint density at radius 1 is 1.04 bits per heavy atom. The van der Waals surface area contributed by atoms with Crippen molar-refractivity contribution in [3.05, 3.63) is 88.5 Å². The molecule has 2 atom stereocenters. The number of amides is 2. The van der Waals surface area contributed by atoms with E-state index in [1.54, 1.807) is 29.2 Å². The van der Waals surface area contributed by atoms with Crippen molar-refractivity contribution in [1.82, 2.24) is 19.6 Å². The van der Waals surface area contributed by atoms with Gasteiger partial charge in [0, 0.05) is 62.5 Å². The van der Waals surface area contributed by atoms with Crippen LogP contribution in [0.3, 0.4) is 0 Å². The second-order valence-electron chi connectivity index (χ2n) is 15.4. The van der Waals surface area contributed by atoms with E-state index in [1.165, 1.54) is 12.1 Å². The predicted molar refractivity (Wildman–Crippen MR) is 175 cm³/mol. The van der Waals surface area contributed by atoms with Crippen LogP contribution in [0.2, 0.25) is 0 Å². The quantitative estimate of drug-likeness (QED) is 0.262. The Morgan fingerprint density at radius 2 is 1.73 bits per heavy atom. The first-order chi connectivity index (χ1) is 23.4. The van der Waals surface area contributed by atoms with Crippen LogP contribution in [0.5, 0.6) is 0 Å². The van der Waals surface area contributed by atoms with Crippen molar-refractivity contribution >= 4 is 11.8 Å². The van der Waals surface area contributed by atoms with Crippen LogP contribution in [0.15, 0.2) is 54.9 Å². The van der Waals surface area contributed by atoms with Crippen molar-refractivity contribution in [2.24, 2.45) is 22.7 Å². The summed E-state index contributed by atoms with van der Waals surface area (Å²) in [7, 11) is 0. The number of benzene rings is 2. The summed E-state index contributed by atoms with van der Waals surface area (Å²) in [5.74, 6) is -2.99. The molecular weight excluding hydrogens is 631 g/mol. The van der Waals surface area contributed by atoms with Crippen molar-refractivity contribution in [1.29, 1.82) is 5.26 Å². The number of ether oxygens (including phenoxy) is 1. The van der Waals surface area contributed by atoms with E-state index in [9.17, 15) is 28.0 Å². The number of likely N-dealkylation sites (tertiary alicyclic amines) is 2. The van der Waals surface area contributed by atoms with E-state index in [0.29, 0.717) is 63.3 Å². The summed E-state index contributed by atoms with van der Waals surface area (Å²) < 4.78 is 49.0. The maximum atomic E-state index is 13.8. The zero-order valence-electron chi connectivity index (χ0n) is 28.0. The average Bonchev–Trinajstić information content (AvgIpc) is 3.35. The molecule has 1 aromatic heterocycles. The predicted octanol–water partition coefficient (Wildman–Crippen LogP) is 6.40. The Bertz CT molecular complexity index is 1770. The highest BCUT2D eigenvalue weighted by Gasteiger charge is 2.60. The largest absolute Gasteiger partial charge is 0.376 e. The minimum absolute atomic E-state index is 0.0274. The molecule has 2 saturated heterocycles. The van der Waals surface area contributed by atoms with Gasteiger partial charge in [0.25, 0.3) is 5.91 Å². The summed E-state index contributed by atoms with van der Waals surface area (Å²) in [5, 5.41) is 14.5. The highest BCUT2D eigenvalue weighted by Crippen LogP contribution is 2.54. The van der Waals surface area contributed by atoms with Crippen LogP contribution < -0.4 is 0 Å². The zero-order chi connectivity index (χ0) is 34.6. The lowest BCUT2D eigenvalue weighted by molar-refractivity contribution is -0.148. The van der Waals surface area contributed by atoms with Crippen LogP contribution in [-0.2, 0) is 22.7 Å². The Labute approximate surface area is 284 Å². The van der Waals surface area contributed by atoms with Crippen LogP contribution >= 0.6 is 0 Å². The Balaban J connectivity index is 1.03. The van der Waals surface area contributed by atoms with Crippen molar-refractivity contribution in [3.8, 4) is 6.07 Å². The number of hydrogen-bond donors (Lipinski definition) is 0. The van der Waals surface area contributed by atoms with E-state index in [-0.39, 0.29) is 65.7 Å². The van der Waals surface area contributed by atoms with Gasteiger partial charge in [0.15, 0.2) is 0 Å². The maximum Gasteiger partial charge on any atom is 0.257 e. The van der Waals surface area contributed by atoms with Crippen molar-refractivity contribution in [2.75, 3.05) is 32.8 Å². The topological polar surface area (TPSA) is 91.5 Å². The van der Waals surface area contributed by atoms with Gasteiger partial charge in [0.05, 0.1) is 43.2 Å². The molecule has 1 unspecified atom stereocenters. The van der Waals surface area contributed by atoms with Gasteiger partial charge in [-0.05, 0) is 59.4 Å². The van der Waals surface area contributed by atoms with E-state index in [4.69, 9.17) is 4.74 Å². The normalized spacial score (nSPS) is 23.7. The number of alkyl halides is 2. The van der Waals surface area contributed by atoms with Gasteiger partial charge in [0.1, 0.15) is 5.82 Å². The summed E-state index contributed by atoms with van der Waals surface area (Å²) in [6.07, 6.45) is 4.50. The zero-order valence-corrected chi connectivity index (χ0v) is 28.0. The molecular formula is C38H42F3N5O3. The third-order valence-electron chi connectivity index (χ3n) is 11.4. The van der Waals surface area contributed by atoms with Crippen molar-refractivity contribution in [2.45, 2.75) is 70.9 Å². The highest BCUT2D eigenvalue weighted by atomic mass is 19.3. The summed E-state index contributed by atoms with van der Waals surface area (Å²) in [4.78, 5) is 30.8. The molecule has 1 spiro atoms. The van der Waals surface area contributed by atoms with Crippen LogP contribution in [0, 0.1) is 39.8 Å². The smallest absolute Gasteiger partial charge is 0.257 e. The molecule has 4 fully saturated rings. The molecule has 49 heavy (non-hydrogen) atoms. The van der Waals surface area contributed by atoms with Gasteiger partial charge in [0.2, 0.25) is 11.8 Å². The summed E-state index contributed by atoms with van der Waals surface area (Å²) in [6, 6.07) is 14.1. The van der Waals surface area contributed by atoms with E-state index >= 15 is 0 Å². The fraction of sp³-hybridized carbons (Fsp3) is 0.526. The van der Waals surface area contributed by atoms with Crippen LogP contribution in [0.1, 0.15) is 84.5 Å². The number of carbonyl (C=O) groups excluding carboxylic acids is 2.